The number of urea groups is 1. The van der Waals surface area contributed by atoms with Crippen LogP contribution in [0.15, 0.2) is 6.20 Å². The number of thiazole rings is 1. The van der Waals surface area contributed by atoms with E-state index in [2.05, 4.69) is 10.3 Å². The highest BCUT2D eigenvalue weighted by Gasteiger charge is 2.28. The highest BCUT2D eigenvalue weighted by Crippen LogP contribution is 2.21. The number of carbonyl (C=O) groups is 2. The van der Waals surface area contributed by atoms with E-state index in [1.807, 2.05) is 20.0 Å². The van der Waals surface area contributed by atoms with Gasteiger partial charge in [0.1, 0.15) is 0 Å². The number of aliphatic carboxylic acids is 1. The van der Waals surface area contributed by atoms with Gasteiger partial charge in [-0.15, -0.1) is 11.3 Å². The van der Waals surface area contributed by atoms with Gasteiger partial charge in [0.15, 0.2) is 0 Å². The molecule has 2 unspecified atom stereocenters. The second-order valence-electron chi connectivity index (χ2n) is 5.52. The topological polar surface area (TPSA) is 82.5 Å². The predicted molar refractivity (Wildman–Crippen MR) is 80.6 cm³/mol. The van der Waals surface area contributed by atoms with Crippen molar-refractivity contribution in [2.45, 2.75) is 32.6 Å². The molecule has 0 saturated carbocycles. The summed E-state index contributed by atoms with van der Waals surface area (Å²) in [5.74, 6) is -1.10. The van der Waals surface area contributed by atoms with Gasteiger partial charge in [-0.2, -0.15) is 0 Å². The molecule has 2 atom stereocenters. The molecule has 116 valence electrons. The van der Waals surface area contributed by atoms with Crippen LogP contribution in [0.1, 0.15) is 35.6 Å². The molecule has 1 aliphatic heterocycles. The predicted octanol–water partition coefficient (Wildman–Crippen LogP) is 2.06. The molecule has 1 aromatic rings. The Bertz CT molecular complexity index is 517. The van der Waals surface area contributed by atoms with Gasteiger partial charge in [0.25, 0.3) is 0 Å². The van der Waals surface area contributed by atoms with Crippen molar-refractivity contribution in [3.05, 3.63) is 16.1 Å². The van der Waals surface area contributed by atoms with E-state index in [1.54, 1.807) is 16.2 Å². The smallest absolute Gasteiger partial charge is 0.317 e. The van der Waals surface area contributed by atoms with Gasteiger partial charge in [-0.05, 0) is 19.8 Å². The lowest BCUT2D eigenvalue weighted by molar-refractivity contribution is -0.143. The van der Waals surface area contributed by atoms with E-state index in [9.17, 15) is 9.59 Å². The maximum absolute atomic E-state index is 12.1. The molecular weight excluding hydrogens is 290 g/mol. The number of nitrogens with zero attached hydrogens (tertiary/aromatic N) is 2. The molecular formula is C14H21N3O3S. The third-order valence-corrected chi connectivity index (χ3v) is 4.82. The van der Waals surface area contributed by atoms with E-state index in [0.717, 1.165) is 16.3 Å². The fraction of sp³-hybridized carbons (Fsp3) is 0.643. The number of rotatable bonds is 4. The second-order valence-corrected chi connectivity index (χ2v) is 6.79. The molecule has 0 aliphatic carbocycles. The largest absolute Gasteiger partial charge is 0.481 e. The van der Waals surface area contributed by atoms with E-state index >= 15 is 0 Å². The van der Waals surface area contributed by atoms with Crippen LogP contribution in [0.3, 0.4) is 0 Å². The van der Waals surface area contributed by atoms with Crippen molar-refractivity contribution in [1.82, 2.24) is 15.2 Å². The maximum atomic E-state index is 12.1. The van der Waals surface area contributed by atoms with Crippen LogP contribution in [-0.2, 0) is 4.79 Å². The van der Waals surface area contributed by atoms with Gasteiger partial charge in [-0.3, -0.25) is 4.79 Å². The number of nitrogens with one attached hydrogen (secondary N) is 1. The normalized spacial score (nSPS) is 20.1. The molecule has 0 aromatic carbocycles. The van der Waals surface area contributed by atoms with Crippen LogP contribution < -0.4 is 5.32 Å². The third-order valence-electron chi connectivity index (χ3n) is 3.68. The summed E-state index contributed by atoms with van der Waals surface area (Å²) >= 11 is 1.63. The van der Waals surface area contributed by atoms with Crippen LogP contribution >= 0.6 is 11.3 Å². The van der Waals surface area contributed by atoms with E-state index in [-0.39, 0.29) is 11.9 Å². The van der Waals surface area contributed by atoms with Crippen LogP contribution in [0.5, 0.6) is 0 Å². The molecule has 1 aromatic heterocycles. The molecule has 0 radical (unpaired) electrons. The van der Waals surface area contributed by atoms with E-state index < -0.39 is 11.9 Å². The monoisotopic (exact) mass is 311 g/mol. The lowest BCUT2D eigenvalue weighted by atomic mass is 9.99. The standard InChI is InChI=1S/C14H21N3O3S/c1-9(12-15-7-10(2)21-12)6-16-14(20)17-5-3-4-11(8-17)13(18)19/h7,9,11H,3-6,8H2,1-2H3,(H,16,20)(H,18,19). The molecule has 1 fully saturated rings. The lowest BCUT2D eigenvalue weighted by Crippen LogP contribution is -2.47. The highest BCUT2D eigenvalue weighted by molar-refractivity contribution is 7.11. The molecule has 21 heavy (non-hydrogen) atoms. The first kappa shape index (κ1) is 15.8. The van der Waals surface area contributed by atoms with Crippen LogP contribution in [0.25, 0.3) is 0 Å². The number of aryl methyl sites for hydroxylation is 1. The molecule has 2 amide bonds. The fourth-order valence-electron chi connectivity index (χ4n) is 2.40. The molecule has 7 heteroatoms. The molecule has 1 aliphatic rings. The Morgan fingerprint density at radius 1 is 1.62 bits per heavy atom. The molecule has 2 rings (SSSR count). The Labute approximate surface area is 128 Å². The number of hydrogen-bond donors (Lipinski definition) is 2. The van der Waals surface area contributed by atoms with Gasteiger partial charge in [-0.1, -0.05) is 6.92 Å². The quantitative estimate of drug-likeness (QED) is 0.891. The third kappa shape index (κ3) is 4.17. The first-order chi connectivity index (χ1) is 9.97. The number of carboxylic acids is 1. The van der Waals surface area contributed by atoms with Crippen molar-refractivity contribution in [1.29, 1.82) is 0 Å². The van der Waals surface area contributed by atoms with Crippen molar-refractivity contribution < 1.29 is 14.7 Å². The van der Waals surface area contributed by atoms with Gasteiger partial charge in [0.05, 0.1) is 10.9 Å². The summed E-state index contributed by atoms with van der Waals surface area (Å²) in [6.07, 6.45) is 3.22. The molecule has 1 saturated heterocycles. The zero-order valence-electron chi connectivity index (χ0n) is 12.3. The average molecular weight is 311 g/mol. The molecule has 2 heterocycles. The van der Waals surface area contributed by atoms with Crippen molar-refractivity contribution in [3.63, 3.8) is 0 Å². The minimum absolute atomic E-state index is 0.160. The molecule has 6 nitrogen and oxygen atoms in total. The Kier molecular flexibility index (Phi) is 5.17. The van der Waals surface area contributed by atoms with Crippen molar-refractivity contribution in [3.8, 4) is 0 Å². The van der Waals surface area contributed by atoms with Crippen LogP contribution in [0, 0.1) is 12.8 Å². The summed E-state index contributed by atoms with van der Waals surface area (Å²) in [5.41, 5.74) is 0. The zero-order valence-corrected chi connectivity index (χ0v) is 13.2. The first-order valence-electron chi connectivity index (χ1n) is 7.15. The van der Waals surface area contributed by atoms with Gasteiger partial charge in [0, 0.05) is 36.6 Å². The Morgan fingerprint density at radius 3 is 3.00 bits per heavy atom. The summed E-state index contributed by atoms with van der Waals surface area (Å²) in [6, 6.07) is -0.180. The second kappa shape index (κ2) is 6.89. The number of carboxylic acid groups (broad SMARTS) is 1. The first-order valence-corrected chi connectivity index (χ1v) is 7.97. The van der Waals surface area contributed by atoms with Gasteiger partial charge < -0.3 is 15.3 Å². The lowest BCUT2D eigenvalue weighted by Gasteiger charge is -2.31. The zero-order chi connectivity index (χ0) is 15.4. The van der Waals surface area contributed by atoms with Crippen molar-refractivity contribution >= 4 is 23.3 Å². The number of aromatic nitrogens is 1. The minimum atomic E-state index is -0.820. The summed E-state index contributed by atoms with van der Waals surface area (Å²) in [6.45, 7) is 5.47. The summed E-state index contributed by atoms with van der Waals surface area (Å²) in [7, 11) is 0. The highest BCUT2D eigenvalue weighted by atomic mass is 32.1. The summed E-state index contributed by atoms with van der Waals surface area (Å²) < 4.78 is 0. The van der Waals surface area contributed by atoms with Gasteiger partial charge in [0.2, 0.25) is 0 Å². The molecule has 0 spiro atoms. The van der Waals surface area contributed by atoms with E-state index in [1.165, 1.54) is 0 Å². The Morgan fingerprint density at radius 2 is 2.38 bits per heavy atom. The van der Waals surface area contributed by atoms with Crippen LogP contribution in [0.4, 0.5) is 4.79 Å². The van der Waals surface area contributed by atoms with Gasteiger partial charge >= 0.3 is 12.0 Å². The number of likely N-dealkylation sites (tertiary alicyclic amines) is 1. The summed E-state index contributed by atoms with van der Waals surface area (Å²) in [4.78, 5) is 30.2. The van der Waals surface area contributed by atoms with E-state index in [0.29, 0.717) is 26.1 Å². The SMILES string of the molecule is Cc1cnc(C(C)CNC(=O)N2CCCC(C(=O)O)C2)s1. The minimum Gasteiger partial charge on any atom is -0.481 e. The number of piperidine rings is 1. The maximum Gasteiger partial charge on any atom is 0.317 e. The van der Waals surface area contributed by atoms with Crippen molar-refractivity contribution in [2.24, 2.45) is 5.92 Å². The van der Waals surface area contributed by atoms with Crippen LogP contribution in [-0.4, -0.2) is 46.6 Å². The molecule has 0 bridgehead atoms. The van der Waals surface area contributed by atoms with Crippen LogP contribution in [0.2, 0.25) is 0 Å². The number of amides is 2. The van der Waals surface area contributed by atoms with Crippen molar-refractivity contribution in [2.75, 3.05) is 19.6 Å². The van der Waals surface area contributed by atoms with Gasteiger partial charge in [-0.25, -0.2) is 9.78 Å². The Balaban J connectivity index is 1.82. The Hall–Kier alpha value is -1.63. The molecule has 2 N–H and O–H groups in total. The van der Waals surface area contributed by atoms with E-state index in [4.69, 9.17) is 5.11 Å². The fourth-order valence-corrected chi connectivity index (χ4v) is 3.23. The average Bonchev–Trinajstić information content (AvgIpc) is 2.91. The number of carbonyl (C=O) groups excluding carboxylic acids is 1. The summed E-state index contributed by atoms with van der Waals surface area (Å²) in [5, 5.41) is 12.9. The number of hydrogen-bond acceptors (Lipinski definition) is 4.